The van der Waals surface area contributed by atoms with Crippen LogP contribution in [0.2, 0.25) is 0 Å². The molecule has 0 bridgehead atoms. The standard InChI is InChI=1S/C9H15NO2S2/c11-8(12)5-3-9(4-10-5)6(13)1-2-7(9)14/h5-7,10,13-14H,1-4H2,(H,11,12)/t5?,6-,7-/m0/s1. The highest BCUT2D eigenvalue weighted by atomic mass is 32.1. The van der Waals surface area contributed by atoms with Gasteiger partial charge in [-0.25, -0.2) is 0 Å². The summed E-state index contributed by atoms with van der Waals surface area (Å²) < 4.78 is 0. The van der Waals surface area contributed by atoms with E-state index in [2.05, 4.69) is 30.6 Å². The first-order chi connectivity index (χ1) is 6.56. The van der Waals surface area contributed by atoms with Crippen LogP contribution in [-0.4, -0.2) is 34.2 Å². The Labute approximate surface area is 94.5 Å². The summed E-state index contributed by atoms with van der Waals surface area (Å²) in [5, 5.41) is 12.6. The molecule has 0 amide bonds. The van der Waals surface area contributed by atoms with Gasteiger partial charge in [0.05, 0.1) is 0 Å². The molecule has 80 valence electrons. The second-order valence-electron chi connectivity index (χ2n) is 4.32. The summed E-state index contributed by atoms with van der Waals surface area (Å²) in [4.78, 5) is 10.8. The van der Waals surface area contributed by atoms with Crippen LogP contribution in [0.4, 0.5) is 0 Å². The minimum atomic E-state index is -0.755. The van der Waals surface area contributed by atoms with Crippen molar-refractivity contribution in [3.8, 4) is 0 Å². The van der Waals surface area contributed by atoms with Crippen LogP contribution in [0.25, 0.3) is 0 Å². The highest BCUT2D eigenvalue weighted by Gasteiger charge is 2.52. The molecule has 5 heteroatoms. The van der Waals surface area contributed by atoms with Gasteiger partial charge >= 0.3 is 5.97 Å². The molecule has 14 heavy (non-hydrogen) atoms. The van der Waals surface area contributed by atoms with Crippen LogP contribution in [0.3, 0.4) is 0 Å². The van der Waals surface area contributed by atoms with Gasteiger partial charge in [-0.15, -0.1) is 0 Å². The molecule has 1 aliphatic carbocycles. The van der Waals surface area contributed by atoms with Crippen molar-refractivity contribution in [1.82, 2.24) is 5.32 Å². The molecule has 2 aliphatic rings. The average Bonchev–Trinajstić information content (AvgIpc) is 2.68. The van der Waals surface area contributed by atoms with E-state index in [1.165, 1.54) is 0 Å². The van der Waals surface area contributed by atoms with Gasteiger partial charge in [0, 0.05) is 22.5 Å². The maximum absolute atomic E-state index is 10.8. The minimum absolute atomic E-state index is 0.00468. The van der Waals surface area contributed by atoms with Gasteiger partial charge in [-0.1, -0.05) is 0 Å². The number of aliphatic carboxylic acids is 1. The monoisotopic (exact) mass is 233 g/mol. The maximum atomic E-state index is 10.8. The summed E-state index contributed by atoms with van der Waals surface area (Å²) in [6, 6.07) is -0.405. The Bertz CT molecular complexity index is 249. The minimum Gasteiger partial charge on any atom is -0.480 e. The normalized spacial score (nSPS) is 40.6. The van der Waals surface area contributed by atoms with Crippen molar-refractivity contribution in [2.24, 2.45) is 5.41 Å². The van der Waals surface area contributed by atoms with Gasteiger partial charge < -0.3 is 10.4 Å². The summed E-state index contributed by atoms with van der Waals surface area (Å²) in [7, 11) is 0. The van der Waals surface area contributed by atoms with E-state index < -0.39 is 12.0 Å². The van der Waals surface area contributed by atoms with E-state index in [9.17, 15) is 4.79 Å². The summed E-state index contributed by atoms with van der Waals surface area (Å²) in [6.45, 7) is 0.742. The fourth-order valence-corrected chi connectivity index (χ4v) is 3.80. The van der Waals surface area contributed by atoms with Crippen LogP contribution in [0.1, 0.15) is 19.3 Å². The van der Waals surface area contributed by atoms with E-state index in [1.54, 1.807) is 0 Å². The molecule has 0 aromatic carbocycles. The van der Waals surface area contributed by atoms with Gasteiger partial charge in [0.1, 0.15) is 6.04 Å². The van der Waals surface area contributed by atoms with Crippen LogP contribution in [0.15, 0.2) is 0 Å². The van der Waals surface area contributed by atoms with E-state index in [-0.39, 0.29) is 5.41 Å². The van der Waals surface area contributed by atoms with E-state index in [0.29, 0.717) is 16.9 Å². The molecule has 3 nitrogen and oxygen atoms in total. The molecule has 0 radical (unpaired) electrons. The van der Waals surface area contributed by atoms with Gasteiger partial charge in [-0.05, 0) is 19.3 Å². The summed E-state index contributed by atoms with van der Waals surface area (Å²) in [5.41, 5.74) is -0.00468. The zero-order valence-corrected chi connectivity index (χ0v) is 9.60. The van der Waals surface area contributed by atoms with E-state index >= 15 is 0 Å². The third-order valence-electron chi connectivity index (χ3n) is 3.60. The molecule has 0 aromatic heterocycles. The first-order valence-corrected chi connectivity index (χ1v) is 5.92. The topological polar surface area (TPSA) is 49.3 Å². The molecule has 0 aromatic rings. The van der Waals surface area contributed by atoms with Gasteiger partial charge in [-0.2, -0.15) is 25.3 Å². The summed E-state index contributed by atoms with van der Waals surface area (Å²) >= 11 is 9.12. The molecule has 2 N–H and O–H groups in total. The highest BCUT2D eigenvalue weighted by molar-refractivity contribution is 7.82. The Morgan fingerprint density at radius 1 is 1.36 bits per heavy atom. The Morgan fingerprint density at radius 3 is 2.36 bits per heavy atom. The van der Waals surface area contributed by atoms with Crippen molar-refractivity contribution in [3.05, 3.63) is 0 Å². The van der Waals surface area contributed by atoms with Crippen molar-refractivity contribution >= 4 is 31.2 Å². The summed E-state index contributed by atoms with van der Waals surface area (Å²) in [6.07, 6.45) is 2.77. The van der Waals surface area contributed by atoms with Crippen molar-refractivity contribution in [3.63, 3.8) is 0 Å². The lowest BCUT2D eigenvalue weighted by Crippen LogP contribution is -2.35. The average molecular weight is 233 g/mol. The number of nitrogens with one attached hydrogen (secondary N) is 1. The molecule has 1 unspecified atom stereocenters. The number of rotatable bonds is 1. The van der Waals surface area contributed by atoms with Crippen LogP contribution in [-0.2, 0) is 4.79 Å². The lowest BCUT2D eigenvalue weighted by atomic mass is 9.83. The number of hydrogen-bond donors (Lipinski definition) is 4. The van der Waals surface area contributed by atoms with Crippen molar-refractivity contribution in [2.75, 3.05) is 6.54 Å². The lowest BCUT2D eigenvalue weighted by molar-refractivity contribution is -0.139. The third-order valence-corrected chi connectivity index (χ3v) is 5.15. The Kier molecular flexibility index (Phi) is 2.74. The molecule has 1 spiro atoms. The van der Waals surface area contributed by atoms with Gasteiger partial charge in [0.25, 0.3) is 0 Å². The number of carboxylic acids is 1. The molecular weight excluding hydrogens is 218 g/mol. The molecule has 2 fully saturated rings. The van der Waals surface area contributed by atoms with E-state index in [1.807, 2.05) is 0 Å². The lowest BCUT2D eigenvalue weighted by Gasteiger charge is -2.31. The number of carbonyl (C=O) groups is 1. The number of hydrogen-bond acceptors (Lipinski definition) is 4. The molecule has 2 rings (SSSR count). The predicted molar refractivity (Wildman–Crippen MR) is 61.3 cm³/mol. The summed E-state index contributed by atoms with van der Waals surface area (Å²) in [5.74, 6) is -0.755. The molecule has 1 aliphatic heterocycles. The fourth-order valence-electron chi connectivity index (χ4n) is 2.63. The fraction of sp³-hybridized carbons (Fsp3) is 0.889. The molecular formula is C9H15NO2S2. The number of carboxylic acid groups (broad SMARTS) is 1. The third kappa shape index (κ3) is 1.46. The molecule has 1 saturated heterocycles. The second-order valence-corrected chi connectivity index (χ2v) is 5.56. The Morgan fingerprint density at radius 2 is 1.93 bits per heavy atom. The van der Waals surface area contributed by atoms with Gasteiger partial charge in [-0.3, -0.25) is 4.79 Å². The van der Waals surface area contributed by atoms with Crippen molar-refractivity contribution in [2.45, 2.75) is 35.8 Å². The van der Waals surface area contributed by atoms with Crippen molar-refractivity contribution in [1.29, 1.82) is 0 Å². The Hall–Kier alpha value is 0.130. The quantitative estimate of drug-likeness (QED) is 0.507. The van der Waals surface area contributed by atoms with E-state index in [0.717, 1.165) is 19.4 Å². The highest BCUT2D eigenvalue weighted by Crippen LogP contribution is 2.49. The van der Waals surface area contributed by atoms with E-state index in [4.69, 9.17) is 5.11 Å². The molecule has 1 saturated carbocycles. The van der Waals surface area contributed by atoms with Crippen molar-refractivity contribution < 1.29 is 9.90 Å². The van der Waals surface area contributed by atoms with Crippen LogP contribution in [0.5, 0.6) is 0 Å². The first-order valence-electron chi connectivity index (χ1n) is 4.88. The number of thiol groups is 2. The van der Waals surface area contributed by atoms with Gasteiger partial charge in [0.2, 0.25) is 0 Å². The zero-order chi connectivity index (χ0) is 10.3. The predicted octanol–water partition coefficient (Wildman–Crippen LogP) is 0.810. The van der Waals surface area contributed by atoms with Crippen LogP contribution >= 0.6 is 25.3 Å². The maximum Gasteiger partial charge on any atom is 0.320 e. The second kappa shape index (κ2) is 3.61. The largest absolute Gasteiger partial charge is 0.480 e. The molecule has 1 heterocycles. The first kappa shape index (κ1) is 10.6. The van der Waals surface area contributed by atoms with Gasteiger partial charge in [0.15, 0.2) is 0 Å². The van der Waals surface area contributed by atoms with Crippen LogP contribution in [0, 0.1) is 5.41 Å². The Balaban J connectivity index is 2.15. The SMILES string of the molecule is O=C(O)C1CC2(CN1)[C@@H](S)CC[C@@H]2S. The molecule has 3 atom stereocenters. The van der Waals surface area contributed by atoms with Crippen LogP contribution < -0.4 is 5.32 Å². The zero-order valence-electron chi connectivity index (χ0n) is 7.81. The smallest absolute Gasteiger partial charge is 0.320 e.